The molecular weight excluding hydrogens is 637 g/mol. The number of likely N-dealkylation sites (tertiary alicyclic amines) is 1. The van der Waals surface area contributed by atoms with E-state index in [0.717, 1.165) is 90.5 Å². The van der Waals surface area contributed by atoms with Crippen LogP contribution in [0.1, 0.15) is 73.7 Å². The molecule has 0 unspecified atom stereocenters. The van der Waals surface area contributed by atoms with Crippen LogP contribution in [0, 0.1) is 5.92 Å². The molecule has 1 aromatic heterocycles. The maximum atomic E-state index is 14.1. The van der Waals surface area contributed by atoms with Gasteiger partial charge in [0.2, 0.25) is 11.9 Å². The monoisotopic (exact) mass is 686 g/mol. The van der Waals surface area contributed by atoms with Gasteiger partial charge in [0.25, 0.3) is 5.91 Å². The molecule has 2 aliphatic heterocycles. The molecule has 14 heteroatoms. The predicted molar refractivity (Wildman–Crippen MR) is 181 cm³/mol. The van der Waals surface area contributed by atoms with Gasteiger partial charge in [0, 0.05) is 61.8 Å². The number of alkyl halides is 3. The molecule has 0 bridgehead atoms. The zero-order chi connectivity index (χ0) is 34.5. The van der Waals surface area contributed by atoms with Gasteiger partial charge in [-0.3, -0.25) is 14.5 Å². The predicted octanol–water partition coefficient (Wildman–Crippen LogP) is 4.75. The second kappa shape index (κ2) is 15.6. The van der Waals surface area contributed by atoms with Crippen LogP contribution in [0.2, 0.25) is 0 Å². The summed E-state index contributed by atoms with van der Waals surface area (Å²) < 4.78 is 47.7. The summed E-state index contributed by atoms with van der Waals surface area (Å²) in [6.07, 6.45) is 3.62. The minimum Gasteiger partial charge on any atom is -0.379 e. The van der Waals surface area contributed by atoms with Crippen LogP contribution < -0.4 is 16.0 Å². The molecule has 2 saturated carbocycles. The van der Waals surface area contributed by atoms with Crippen LogP contribution in [0.15, 0.2) is 30.5 Å². The van der Waals surface area contributed by atoms with Crippen molar-refractivity contribution in [2.45, 2.75) is 88.1 Å². The van der Waals surface area contributed by atoms with Gasteiger partial charge < -0.3 is 30.5 Å². The van der Waals surface area contributed by atoms with E-state index in [1.165, 1.54) is 0 Å². The maximum Gasteiger partial charge on any atom is 0.421 e. The van der Waals surface area contributed by atoms with Crippen LogP contribution in [-0.4, -0.2) is 114 Å². The van der Waals surface area contributed by atoms with E-state index in [4.69, 9.17) is 4.74 Å². The SMILES string of the molecule is CN1CCC(N(C)C(=O)c2ccc(Nc3ncc(C(F)(F)F)c(N[C@@H]4CCC[C@@H]4C(=O)NC4CCC(N5CCOCC5)CC4)n3)cc2)CC1. The van der Waals surface area contributed by atoms with Crippen molar-refractivity contribution in [1.29, 1.82) is 0 Å². The first-order chi connectivity index (χ1) is 23.5. The molecule has 4 fully saturated rings. The number of aromatic nitrogens is 2. The maximum absolute atomic E-state index is 14.1. The highest BCUT2D eigenvalue weighted by atomic mass is 19.4. The number of morpholine rings is 1. The summed E-state index contributed by atoms with van der Waals surface area (Å²) in [5, 5.41) is 9.17. The Balaban J connectivity index is 1.07. The Labute approximate surface area is 286 Å². The van der Waals surface area contributed by atoms with E-state index in [0.29, 0.717) is 30.1 Å². The second-order valence-corrected chi connectivity index (χ2v) is 14.1. The van der Waals surface area contributed by atoms with E-state index in [1.807, 2.05) is 7.05 Å². The van der Waals surface area contributed by atoms with Gasteiger partial charge in [-0.05, 0) is 95.8 Å². The summed E-state index contributed by atoms with van der Waals surface area (Å²) >= 11 is 0. The fraction of sp³-hybridized carbons (Fsp3) is 0.657. The van der Waals surface area contributed by atoms with Gasteiger partial charge in [-0.1, -0.05) is 6.42 Å². The van der Waals surface area contributed by atoms with Gasteiger partial charge in [0.15, 0.2) is 0 Å². The van der Waals surface area contributed by atoms with Gasteiger partial charge in [-0.25, -0.2) is 4.98 Å². The zero-order valence-electron chi connectivity index (χ0n) is 28.5. The molecule has 1 aromatic carbocycles. The Morgan fingerprint density at radius 1 is 0.939 bits per heavy atom. The summed E-state index contributed by atoms with van der Waals surface area (Å²) in [5.74, 6) is -1.01. The molecular formula is C35H49F3N8O3. The molecule has 11 nitrogen and oxygen atoms in total. The van der Waals surface area contributed by atoms with Crippen LogP contribution in [0.4, 0.5) is 30.6 Å². The molecule has 0 radical (unpaired) electrons. The number of halogens is 3. The minimum absolute atomic E-state index is 0.0194. The van der Waals surface area contributed by atoms with Crippen LogP contribution >= 0.6 is 0 Å². The number of amides is 2. The quantitative estimate of drug-likeness (QED) is 0.344. The summed E-state index contributed by atoms with van der Waals surface area (Å²) in [4.78, 5) is 41.3. The average Bonchev–Trinajstić information content (AvgIpc) is 3.57. The highest BCUT2D eigenvalue weighted by Gasteiger charge is 2.39. The number of benzene rings is 1. The van der Waals surface area contributed by atoms with Crippen molar-refractivity contribution in [1.82, 2.24) is 30.0 Å². The number of hydrogen-bond donors (Lipinski definition) is 3. The smallest absolute Gasteiger partial charge is 0.379 e. The molecule has 0 spiro atoms. The molecule has 2 saturated heterocycles. The van der Waals surface area contributed by atoms with Crippen LogP contribution in [0.25, 0.3) is 0 Å². The van der Waals surface area contributed by atoms with Crippen molar-refractivity contribution in [3.05, 3.63) is 41.6 Å². The standard InChI is InChI=1S/C35H49F3N8O3/c1-44-16-14-26(15-17-44)45(2)33(48)23-6-8-25(9-7-23)41-34-39-22-29(35(36,37)38)31(43-34)42-30-5-3-4-28(30)32(47)40-24-10-12-27(13-11-24)46-18-20-49-21-19-46/h6-9,22,24,26-28,30H,3-5,10-21H2,1-2H3,(H,40,47)(H2,39,41,42,43)/t24?,27?,28-,30+/m0/s1. The van der Waals surface area contributed by atoms with Crippen LogP contribution in [-0.2, 0) is 15.7 Å². The molecule has 6 rings (SSSR count). The molecule has 2 aromatic rings. The van der Waals surface area contributed by atoms with E-state index in [1.54, 1.807) is 29.2 Å². The van der Waals surface area contributed by atoms with Crippen LogP contribution in [0.3, 0.4) is 0 Å². The topological polar surface area (TPSA) is 115 Å². The number of nitrogens with zero attached hydrogens (tertiary/aromatic N) is 5. The van der Waals surface area contributed by atoms with E-state index in [-0.39, 0.29) is 35.7 Å². The Morgan fingerprint density at radius 3 is 2.31 bits per heavy atom. The van der Waals surface area contributed by atoms with E-state index in [2.05, 4.69) is 42.8 Å². The highest BCUT2D eigenvalue weighted by molar-refractivity contribution is 5.94. The fourth-order valence-electron chi connectivity index (χ4n) is 7.79. The van der Waals surface area contributed by atoms with Gasteiger partial charge in [-0.15, -0.1) is 0 Å². The normalized spacial score (nSPS) is 25.9. The number of carbonyl (C=O) groups is 2. The van der Waals surface area contributed by atoms with E-state index >= 15 is 0 Å². The Kier molecular flexibility index (Phi) is 11.2. The van der Waals surface area contributed by atoms with Crippen molar-refractivity contribution in [2.24, 2.45) is 5.92 Å². The van der Waals surface area contributed by atoms with Crippen molar-refractivity contribution < 1.29 is 27.5 Å². The van der Waals surface area contributed by atoms with Crippen molar-refractivity contribution in [3.63, 3.8) is 0 Å². The van der Waals surface area contributed by atoms with E-state index in [9.17, 15) is 22.8 Å². The van der Waals surface area contributed by atoms with Crippen molar-refractivity contribution in [3.8, 4) is 0 Å². The van der Waals surface area contributed by atoms with Crippen LogP contribution in [0.5, 0.6) is 0 Å². The van der Waals surface area contributed by atoms with Crippen molar-refractivity contribution in [2.75, 3.05) is 64.1 Å². The first-order valence-electron chi connectivity index (χ1n) is 17.7. The molecule has 2 amide bonds. The summed E-state index contributed by atoms with van der Waals surface area (Å²) in [6, 6.07) is 7.04. The molecule has 3 N–H and O–H groups in total. The van der Waals surface area contributed by atoms with Gasteiger partial charge in [0.05, 0.1) is 19.1 Å². The number of hydrogen-bond acceptors (Lipinski definition) is 9. The number of nitrogens with one attached hydrogen (secondary N) is 3. The highest BCUT2D eigenvalue weighted by Crippen LogP contribution is 2.37. The lowest BCUT2D eigenvalue weighted by Gasteiger charge is -2.39. The Hall–Kier alpha value is -3.49. The summed E-state index contributed by atoms with van der Waals surface area (Å²) in [6.45, 7) is 5.31. The first kappa shape index (κ1) is 35.3. The first-order valence-corrected chi connectivity index (χ1v) is 17.7. The third-order valence-electron chi connectivity index (χ3n) is 10.8. The molecule has 49 heavy (non-hydrogen) atoms. The fourth-order valence-corrected chi connectivity index (χ4v) is 7.79. The Morgan fingerprint density at radius 2 is 1.63 bits per heavy atom. The lowest BCUT2D eigenvalue weighted by atomic mass is 9.89. The molecule has 4 aliphatic rings. The lowest BCUT2D eigenvalue weighted by Crippen LogP contribution is -2.49. The number of ether oxygens (including phenoxy) is 1. The molecule has 268 valence electrons. The van der Waals surface area contributed by atoms with Gasteiger partial charge in [0.1, 0.15) is 11.4 Å². The number of piperidine rings is 1. The largest absolute Gasteiger partial charge is 0.421 e. The zero-order valence-corrected chi connectivity index (χ0v) is 28.5. The third kappa shape index (κ3) is 8.82. The van der Waals surface area contributed by atoms with Gasteiger partial charge >= 0.3 is 6.18 Å². The minimum atomic E-state index is -4.68. The van der Waals surface area contributed by atoms with E-state index < -0.39 is 23.7 Å². The second-order valence-electron chi connectivity index (χ2n) is 14.1. The molecule has 2 aliphatic carbocycles. The number of rotatable bonds is 9. The average molecular weight is 687 g/mol. The van der Waals surface area contributed by atoms with Gasteiger partial charge in [-0.2, -0.15) is 18.2 Å². The molecule has 3 heterocycles. The number of carbonyl (C=O) groups excluding carboxylic acids is 2. The summed E-state index contributed by atoms with van der Waals surface area (Å²) in [5.41, 5.74) is 0.0764. The number of anilines is 3. The molecule has 2 atom stereocenters. The Bertz CT molecular complexity index is 1420. The lowest BCUT2D eigenvalue weighted by molar-refractivity contribution is -0.137. The summed E-state index contributed by atoms with van der Waals surface area (Å²) in [7, 11) is 3.90. The van der Waals surface area contributed by atoms with Crippen molar-refractivity contribution >= 4 is 29.3 Å². The third-order valence-corrected chi connectivity index (χ3v) is 10.8.